The van der Waals surface area contributed by atoms with E-state index < -0.39 is 82.5 Å². The van der Waals surface area contributed by atoms with Crippen LogP contribution >= 0.6 is 0 Å². The molecule has 0 aliphatic carbocycles. The summed E-state index contributed by atoms with van der Waals surface area (Å²) in [5.74, 6) is -3.64. The maximum Gasteiger partial charge on any atom is 0.338 e. The maximum atomic E-state index is 13.2. The minimum absolute atomic E-state index is 0.0966. The topological polar surface area (TPSA) is 207 Å². The Kier molecular flexibility index (Phi) is 6.33. The Balaban J connectivity index is 1.68. The first-order valence-electron chi connectivity index (χ1n) is 11.4. The molecule has 1 aliphatic rings. The zero-order chi connectivity index (χ0) is 27.3. The molecule has 0 spiro atoms. The Hall–Kier alpha value is -4.36. The van der Waals surface area contributed by atoms with Crippen molar-refractivity contribution in [3.63, 3.8) is 0 Å². The lowest BCUT2D eigenvalue weighted by molar-refractivity contribution is -0.232. The summed E-state index contributed by atoms with van der Waals surface area (Å²) in [4.78, 5) is 26.0. The van der Waals surface area contributed by atoms with Crippen LogP contribution in [0.5, 0.6) is 23.0 Å². The quantitative estimate of drug-likeness (QED) is 0.114. The van der Waals surface area contributed by atoms with E-state index in [0.29, 0.717) is 0 Å². The van der Waals surface area contributed by atoms with Gasteiger partial charge in [0.05, 0.1) is 23.1 Å². The van der Waals surface area contributed by atoms with E-state index in [2.05, 4.69) is 0 Å². The van der Waals surface area contributed by atoms with Gasteiger partial charge in [0.1, 0.15) is 52.5 Å². The summed E-state index contributed by atoms with van der Waals surface area (Å²) in [6.45, 7) is -0.779. The molecule has 1 aliphatic heterocycles. The lowest BCUT2D eigenvalue weighted by atomic mass is 9.89. The van der Waals surface area contributed by atoms with Gasteiger partial charge in [-0.05, 0) is 18.2 Å². The highest BCUT2D eigenvalue weighted by Gasteiger charge is 2.49. The third-order valence-corrected chi connectivity index (χ3v) is 6.45. The van der Waals surface area contributed by atoms with E-state index in [0.717, 1.165) is 18.2 Å². The number of hydrogen-bond donors (Lipinski definition) is 7. The van der Waals surface area contributed by atoms with E-state index in [1.165, 1.54) is 12.1 Å². The molecule has 1 aromatic heterocycles. The minimum Gasteiger partial charge on any atom is -0.507 e. The highest BCUT2D eigenvalue weighted by Crippen LogP contribution is 2.46. The van der Waals surface area contributed by atoms with Gasteiger partial charge in [-0.2, -0.15) is 0 Å². The first-order valence-corrected chi connectivity index (χ1v) is 11.4. The number of carbonyl (C=O) groups excluding carboxylic acids is 1. The van der Waals surface area contributed by atoms with Crippen LogP contribution in [0, 0.1) is 0 Å². The standard InChI is InChI=1S/C26H22O12/c27-9-17-21(32)23(34)25(38-26(35)10-4-2-1-3-5-10)24(37-17)18-14(30)8-16-19(22(18)33)20(31)11-6-12(28)13(29)7-15(11)36-16/h1-8,17,21,23-25,27-30,32-34H,9H2/t17-,21-,23+,24-,25-/m1/s1. The lowest BCUT2D eigenvalue weighted by Crippen LogP contribution is -2.56. The van der Waals surface area contributed by atoms with Gasteiger partial charge in [0, 0.05) is 12.1 Å². The Bertz CT molecular complexity index is 1600. The molecule has 4 aromatic rings. The number of benzene rings is 3. The number of hydrogen-bond acceptors (Lipinski definition) is 12. The van der Waals surface area contributed by atoms with Gasteiger partial charge >= 0.3 is 5.97 Å². The van der Waals surface area contributed by atoms with Crippen molar-refractivity contribution in [3.05, 3.63) is 69.9 Å². The van der Waals surface area contributed by atoms with Gasteiger partial charge in [-0.3, -0.25) is 4.79 Å². The molecule has 0 unspecified atom stereocenters. The van der Waals surface area contributed by atoms with Crippen LogP contribution in [0.25, 0.3) is 21.9 Å². The fraction of sp³-hybridized carbons (Fsp3) is 0.231. The number of fused-ring (bicyclic) bond motifs is 2. The number of aliphatic hydroxyl groups excluding tert-OH is 3. The van der Waals surface area contributed by atoms with Crippen molar-refractivity contribution in [2.45, 2.75) is 30.5 Å². The van der Waals surface area contributed by atoms with E-state index in [4.69, 9.17) is 13.9 Å². The lowest BCUT2D eigenvalue weighted by Gasteiger charge is -2.42. The number of esters is 1. The summed E-state index contributed by atoms with van der Waals surface area (Å²) in [7, 11) is 0. The molecule has 0 amide bonds. The molecule has 3 aromatic carbocycles. The van der Waals surface area contributed by atoms with Crippen LogP contribution in [0.1, 0.15) is 22.0 Å². The second-order valence-electron chi connectivity index (χ2n) is 8.79. The summed E-state index contributed by atoms with van der Waals surface area (Å²) >= 11 is 0. The van der Waals surface area contributed by atoms with Crippen molar-refractivity contribution in [3.8, 4) is 23.0 Å². The van der Waals surface area contributed by atoms with Crippen molar-refractivity contribution in [2.75, 3.05) is 6.61 Å². The summed E-state index contributed by atoms with van der Waals surface area (Å²) in [6, 6.07) is 10.6. The van der Waals surface area contributed by atoms with Crippen molar-refractivity contribution >= 4 is 27.9 Å². The second kappa shape index (κ2) is 9.50. The van der Waals surface area contributed by atoms with Gasteiger partial charge in [-0.25, -0.2) is 4.79 Å². The molecule has 1 fully saturated rings. The number of phenols is 4. The maximum absolute atomic E-state index is 13.2. The molecule has 1 saturated heterocycles. The van der Waals surface area contributed by atoms with Crippen LogP contribution in [-0.4, -0.2) is 72.7 Å². The van der Waals surface area contributed by atoms with Crippen LogP contribution in [0.4, 0.5) is 0 Å². The van der Waals surface area contributed by atoms with Crippen LogP contribution in [0.15, 0.2) is 57.7 Å². The molecule has 2 heterocycles. The molecule has 0 saturated carbocycles. The van der Waals surface area contributed by atoms with Crippen molar-refractivity contribution < 1.29 is 54.4 Å². The normalized spacial score (nSPS) is 23.5. The van der Waals surface area contributed by atoms with Crippen molar-refractivity contribution in [2.24, 2.45) is 0 Å². The molecule has 12 heteroatoms. The number of carbonyl (C=O) groups is 1. The number of ether oxygens (including phenoxy) is 2. The molecule has 198 valence electrons. The van der Waals surface area contributed by atoms with Crippen molar-refractivity contribution in [1.29, 1.82) is 0 Å². The average Bonchev–Trinajstić information content (AvgIpc) is 2.89. The number of aromatic hydroxyl groups is 4. The molecule has 5 rings (SSSR count). The molecule has 5 atom stereocenters. The predicted octanol–water partition coefficient (Wildman–Crippen LogP) is 1.15. The molecular formula is C26H22O12. The molecule has 7 N–H and O–H groups in total. The van der Waals surface area contributed by atoms with Gasteiger partial charge in [0.15, 0.2) is 17.6 Å². The Labute approximate surface area is 212 Å². The molecule has 0 bridgehead atoms. The fourth-order valence-electron chi connectivity index (χ4n) is 4.52. The Morgan fingerprint density at radius 2 is 1.55 bits per heavy atom. The number of rotatable bonds is 4. The molecular weight excluding hydrogens is 504 g/mol. The largest absolute Gasteiger partial charge is 0.507 e. The number of phenolic OH excluding ortho intramolecular Hbond substituents is 4. The summed E-state index contributed by atoms with van der Waals surface area (Å²) in [6.07, 6.45) is -8.32. The van der Waals surface area contributed by atoms with Crippen LogP contribution in [0.2, 0.25) is 0 Å². The smallest absolute Gasteiger partial charge is 0.338 e. The van der Waals surface area contributed by atoms with E-state index in [1.54, 1.807) is 18.2 Å². The molecule has 38 heavy (non-hydrogen) atoms. The van der Waals surface area contributed by atoms with Gasteiger partial charge in [-0.1, -0.05) is 18.2 Å². The van der Waals surface area contributed by atoms with E-state index in [-0.39, 0.29) is 22.1 Å². The Morgan fingerprint density at radius 1 is 0.895 bits per heavy atom. The fourth-order valence-corrected chi connectivity index (χ4v) is 4.52. The highest BCUT2D eigenvalue weighted by atomic mass is 16.6. The average molecular weight is 526 g/mol. The predicted molar refractivity (Wildman–Crippen MR) is 129 cm³/mol. The van der Waals surface area contributed by atoms with Gasteiger partial charge < -0.3 is 49.6 Å². The van der Waals surface area contributed by atoms with E-state index >= 15 is 0 Å². The first kappa shape index (κ1) is 25.3. The summed E-state index contributed by atoms with van der Waals surface area (Å²) in [5.41, 5.74) is -1.67. The first-order chi connectivity index (χ1) is 18.1. The Morgan fingerprint density at radius 3 is 2.24 bits per heavy atom. The second-order valence-corrected chi connectivity index (χ2v) is 8.79. The van der Waals surface area contributed by atoms with Gasteiger partial charge in [0.2, 0.25) is 5.43 Å². The van der Waals surface area contributed by atoms with Gasteiger partial charge in [-0.15, -0.1) is 0 Å². The summed E-state index contributed by atoms with van der Waals surface area (Å²) in [5, 5.41) is 71.8. The van der Waals surface area contributed by atoms with Crippen LogP contribution in [-0.2, 0) is 9.47 Å². The number of aliphatic hydroxyl groups is 3. The van der Waals surface area contributed by atoms with Crippen molar-refractivity contribution in [1.82, 2.24) is 0 Å². The molecule has 0 radical (unpaired) electrons. The van der Waals surface area contributed by atoms with Gasteiger partial charge in [0.25, 0.3) is 0 Å². The highest BCUT2D eigenvalue weighted by molar-refractivity contribution is 5.96. The van der Waals surface area contributed by atoms with E-state index in [1.807, 2.05) is 0 Å². The van der Waals surface area contributed by atoms with Crippen LogP contribution < -0.4 is 5.43 Å². The zero-order valence-electron chi connectivity index (χ0n) is 19.4. The zero-order valence-corrected chi connectivity index (χ0v) is 19.4. The third kappa shape index (κ3) is 4.05. The van der Waals surface area contributed by atoms with Crippen LogP contribution in [0.3, 0.4) is 0 Å². The monoisotopic (exact) mass is 526 g/mol. The molecule has 12 nitrogen and oxygen atoms in total. The summed E-state index contributed by atoms with van der Waals surface area (Å²) < 4.78 is 16.6. The minimum atomic E-state index is -1.83. The third-order valence-electron chi connectivity index (χ3n) is 6.45. The SMILES string of the molecule is O=C(O[C@@H]1[C@@H](O)[C@H](O)[C@@H](CO)O[C@@H]1c1c(O)cc2oc3cc(O)c(O)cc3c(=O)c2c1O)c1ccccc1. The van der Waals surface area contributed by atoms with E-state index in [9.17, 15) is 45.3 Å².